The molecular weight excluding hydrogens is 400 g/mol. The van der Waals surface area contributed by atoms with E-state index < -0.39 is 0 Å². The molecule has 0 radical (unpaired) electrons. The molecule has 0 unspecified atom stereocenters. The van der Waals surface area contributed by atoms with Crippen LogP contribution in [0.4, 0.5) is 4.79 Å². The van der Waals surface area contributed by atoms with Crippen LogP contribution < -0.4 is 5.32 Å². The molecule has 2 heterocycles. The number of benzene rings is 1. The molecule has 2 saturated heterocycles. The van der Waals surface area contributed by atoms with Crippen molar-refractivity contribution >= 4 is 6.03 Å². The first-order valence-corrected chi connectivity index (χ1v) is 12.2. The van der Waals surface area contributed by atoms with Crippen molar-refractivity contribution < 1.29 is 9.90 Å². The van der Waals surface area contributed by atoms with E-state index in [9.17, 15) is 9.90 Å². The second-order valence-corrected chi connectivity index (χ2v) is 9.83. The maximum absolute atomic E-state index is 13.0. The van der Waals surface area contributed by atoms with Crippen molar-refractivity contribution in [3.63, 3.8) is 0 Å². The van der Waals surface area contributed by atoms with E-state index in [1.165, 1.54) is 18.4 Å². The van der Waals surface area contributed by atoms with Crippen LogP contribution in [0.2, 0.25) is 0 Å². The Labute approximate surface area is 192 Å². The number of carbonyl (C=O) groups is 1. The molecule has 2 N–H and O–H groups in total. The quantitative estimate of drug-likeness (QED) is 0.709. The number of nitrogens with one attached hydrogen (secondary N) is 1. The average molecular weight is 439 g/mol. The smallest absolute Gasteiger partial charge is 0.317 e. The Morgan fingerprint density at radius 1 is 1.12 bits per heavy atom. The van der Waals surface area contributed by atoms with Crippen molar-refractivity contribution in [3.05, 3.63) is 35.4 Å². The van der Waals surface area contributed by atoms with Crippen LogP contribution in [0.25, 0.3) is 0 Å². The van der Waals surface area contributed by atoms with E-state index in [1.54, 1.807) is 0 Å². The van der Waals surface area contributed by atoms with Crippen LogP contribution in [-0.4, -0.2) is 90.8 Å². The predicted molar refractivity (Wildman–Crippen MR) is 128 cm³/mol. The number of amides is 2. The van der Waals surface area contributed by atoms with Gasteiger partial charge in [0, 0.05) is 42.7 Å². The number of hydrogen-bond donors (Lipinski definition) is 2. The first-order valence-electron chi connectivity index (χ1n) is 12.2. The summed E-state index contributed by atoms with van der Waals surface area (Å²) in [6.45, 7) is 3.44. The van der Waals surface area contributed by atoms with Gasteiger partial charge in [0.25, 0.3) is 0 Å². The minimum absolute atomic E-state index is 0.0939. The van der Waals surface area contributed by atoms with Crippen LogP contribution in [0.5, 0.6) is 0 Å². The lowest BCUT2D eigenvalue weighted by atomic mass is 9.74. The molecule has 1 aromatic rings. The highest BCUT2D eigenvalue weighted by atomic mass is 16.3. The van der Waals surface area contributed by atoms with Crippen LogP contribution in [0.15, 0.2) is 24.3 Å². The molecule has 0 bridgehead atoms. The zero-order valence-electron chi connectivity index (χ0n) is 19.6. The summed E-state index contributed by atoms with van der Waals surface area (Å²) in [7, 11) is 4.03. The molecule has 4 rings (SSSR count). The molecule has 0 spiro atoms. The monoisotopic (exact) mass is 438 g/mol. The minimum atomic E-state index is 0.0939. The van der Waals surface area contributed by atoms with E-state index in [-0.39, 0.29) is 30.6 Å². The Bertz CT molecular complexity index is 822. The lowest BCUT2D eigenvalue weighted by molar-refractivity contribution is -0.0591. The van der Waals surface area contributed by atoms with Crippen LogP contribution in [0.3, 0.4) is 0 Å². The SMILES string of the molecule is CN(C)CC#Cc1ccc([C@H]2[C@@H](CO)N3CCCCN(C(=O)NC4CCCC4)C[C@H]23)cc1. The van der Waals surface area contributed by atoms with E-state index in [2.05, 4.69) is 51.2 Å². The molecule has 6 heteroatoms. The Balaban J connectivity index is 1.46. The number of nitrogens with zero attached hydrogens (tertiary/aromatic N) is 3. The Morgan fingerprint density at radius 3 is 2.53 bits per heavy atom. The Hall–Kier alpha value is -2.07. The number of aliphatic hydroxyl groups is 1. The van der Waals surface area contributed by atoms with Gasteiger partial charge in [-0.05, 0) is 64.0 Å². The van der Waals surface area contributed by atoms with Crippen molar-refractivity contribution in [3.8, 4) is 11.8 Å². The van der Waals surface area contributed by atoms with E-state index >= 15 is 0 Å². The summed E-state index contributed by atoms with van der Waals surface area (Å²) in [5, 5.41) is 13.4. The third-order valence-corrected chi connectivity index (χ3v) is 7.26. The zero-order chi connectivity index (χ0) is 22.5. The molecule has 174 valence electrons. The van der Waals surface area contributed by atoms with E-state index in [1.807, 2.05) is 19.0 Å². The van der Waals surface area contributed by atoms with Gasteiger partial charge in [-0.3, -0.25) is 9.80 Å². The second kappa shape index (κ2) is 10.7. The molecule has 32 heavy (non-hydrogen) atoms. The number of urea groups is 1. The highest BCUT2D eigenvalue weighted by Crippen LogP contribution is 2.42. The number of rotatable bonds is 4. The normalized spacial score (nSPS) is 26.5. The fourth-order valence-electron chi connectivity index (χ4n) is 5.55. The van der Waals surface area contributed by atoms with Crippen molar-refractivity contribution in [2.75, 3.05) is 46.9 Å². The summed E-state index contributed by atoms with van der Waals surface area (Å²) in [6.07, 6.45) is 6.73. The van der Waals surface area contributed by atoms with Crippen molar-refractivity contribution in [2.45, 2.75) is 62.6 Å². The topological polar surface area (TPSA) is 59.1 Å². The molecule has 1 aromatic carbocycles. The van der Waals surface area contributed by atoms with Gasteiger partial charge in [0.05, 0.1) is 13.2 Å². The lowest BCUT2D eigenvalue weighted by Gasteiger charge is -2.57. The molecule has 1 saturated carbocycles. The molecule has 3 fully saturated rings. The molecule has 3 aliphatic rings. The van der Waals surface area contributed by atoms with Gasteiger partial charge in [-0.1, -0.05) is 36.8 Å². The van der Waals surface area contributed by atoms with Crippen molar-refractivity contribution in [1.29, 1.82) is 0 Å². The van der Waals surface area contributed by atoms with Crippen LogP contribution in [0, 0.1) is 11.8 Å². The highest BCUT2D eigenvalue weighted by molar-refractivity contribution is 5.74. The standard InChI is InChI=1S/C26H38N4O2/c1-28(2)15-7-8-20-11-13-21(14-12-20)25-23-18-29(26(32)27-22-9-3-4-10-22)16-5-6-17-30(23)24(25)19-31/h11-14,22-25,31H,3-6,9-10,15-19H2,1-2H3,(H,27,32)/t23-,24-,25-/m1/s1. The Kier molecular flexibility index (Phi) is 7.72. The fraction of sp³-hybridized carbons (Fsp3) is 0.654. The number of carbonyl (C=O) groups excluding carboxylic acids is 1. The van der Waals surface area contributed by atoms with Gasteiger partial charge < -0.3 is 15.3 Å². The summed E-state index contributed by atoms with van der Waals surface area (Å²) >= 11 is 0. The molecule has 0 aromatic heterocycles. The van der Waals surface area contributed by atoms with Crippen LogP contribution in [-0.2, 0) is 0 Å². The summed E-state index contributed by atoms with van der Waals surface area (Å²) in [6, 6.07) is 9.31. The average Bonchev–Trinajstić information content (AvgIpc) is 3.26. The van der Waals surface area contributed by atoms with Gasteiger partial charge in [0.1, 0.15) is 0 Å². The first kappa shape index (κ1) is 23.1. The third kappa shape index (κ3) is 5.28. The van der Waals surface area contributed by atoms with Gasteiger partial charge in [-0.25, -0.2) is 4.79 Å². The number of hydrogen-bond acceptors (Lipinski definition) is 4. The maximum atomic E-state index is 13.0. The molecule has 2 amide bonds. The molecule has 2 aliphatic heterocycles. The maximum Gasteiger partial charge on any atom is 0.317 e. The van der Waals surface area contributed by atoms with Crippen LogP contribution >= 0.6 is 0 Å². The predicted octanol–water partition coefficient (Wildman–Crippen LogP) is 2.48. The molecular formula is C26H38N4O2. The van der Waals surface area contributed by atoms with Gasteiger partial charge in [0.2, 0.25) is 0 Å². The summed E-state index contributed by atoms with van der Waals surface area (Å²) < 4.78 is 0. The minimum Gasteiger partial charge on any atom is -0.395 e. The molecule has 3 atom stereocenters. The van der Waals surface area contributed by atoms with Gasteiger partial charge in [0.15, 0.2) is 0 Å². The summed E-state index contributed by atoms with van der Waals surface area (Å²) in [5.74, 6) is 6.64. The first-order chi connectivity index (χ1) is 15.6. The van der Waals surface area contributed by atoms with Crippen molar-refractivity contribution in [1.82, 2.24) is 20.0 Å². The molecule has 1 aliphatic carbocycles. The highest BCUT2D eigenvalue weighted by Gasteiger charge is 2.49. The van der Waals surface area contributed by atoms with Gasteiger partial charge in [-0.15, -0.1) is 0 Å². The number of aliphatic hydroxyl groups excluding tert-OH is 1. The van der Waals surface area contributed by atoms with E-state index in [4.69, 9.17) is 0 Å². The second-order valence-electron chi connectivity index (χ2n) is 9.83. The lowest BCUT2D eigenvalue weighted by Crippen LogP contribution is -2.68. The van der Waals surface area contributed by atoms with Gasteiger partial charge in [-0.2, -0.15) is 0 Å². The van der Waals surface area contributed by atoms with Crippen molar-refractivity contribution in [2.24, 2.45) is 0 Å². The third-order valence-electron chi connectivity index (χ3n) is 7.26. The summed E-state index contributed by atoms with van der Waals surface area (Å²) in [4.78, 5) is 19.5. The molecule has 6 nitrogen and oxygen atoms in total. The Morgan fingerprint density at radius 2 is 1.84 bits per heavy atom. The number of fused-ring (bicyclic) bond motifs is 1. The van der Waals surface area contributed by atoms with Gasteiger partial charge >= 0.3 is 6.03 Å². The fourth-order valence-corrected chi connectivity index (χ4v) is 5.55. The van der Waals surface area contributed by atoms with E-state index in [0.29, 0.717) is 6.04 Å². The summed E-state index contributed by atoms with van der Waals surface area (Å²) in [5.41, 5.74) is 2.25. The van der Waals surface area contributed by atoms with Crippen LogP contribution in [0.1, 0.15) is 55.6 Å². The largest absolute Gasteiger partial charge is 0.395 e. The van der Waals surface area contributed by atoms with E-state index in [0.717, 1.165) is 57.4 Å². The zero-order valence-corrected chi connectivity index (χ0v) is 19.6.